The normalized spacial score (nSPS) is 27.6. The molecule has 0 saturated carbocycles. The molecule has 0 aromatic heterocycles. The third-order valence-electron chi connectivity index (χ3n) is 3.51. The molecule has 1 N–H and O–H groups in total. The van der Waals surface area contributed by atoms with Gasteiger partial charge in [-0.25, -0.2) is 8.42 Å². The molecule has 1 unspecified atom stereocenters. The molecule has 0 amide bonds. The molecule has 0 bridgehead atoms. The van der Waals surface area contributed by atoms with E-state index in [0.717, 1.165) is 32.2 Å². The van der Waals surface area contributed by atoms with E-state index in [-0.39, 0.29) is 5.54 Å². The molecule has 3 nitrogen and oxygen atoms in total. The van der Waals surface area contributed by atoms with Crippen molar-refractivity contribution in [3.63, 3.8) is 0 Å². The van der Waals surface area contributed by atoms with Gasteiger partial charge >= 0.3 is 0 Å². The summed E-state index contributed by atoms with van der Waals surface area (Å²) in [5, 5.41) is 3.60. The van der Waals surface area contributed by atoms with E-state index in [9.17, 15) is 8.42 Å². The SMILES string of the molecule is CCCC1(CCS(C)(=O)=O)CCCCCN1. The maximum absolute atomic E-state index is 11.3. The Hall–Kier alpha value is -0.0900. The van der Waals surface area contributed by atoms with Crippen molar-refractivity contribution in [2.75, 3.05) is 18.6 Å². The fourth-order valence-corrected chi connectivity index (χ4v) is 3.38. The van der Waals surface area contributed by atoms with Crippen LogP contribution in [0.4, 0.5) is 0 Å². The molecule has 1 fully saturated rings. The van der Waals surface area contributed by atoms with Crippen molar-refractivity contribution in [2.24, 2.45) is 0 Å². The maximum atomic E-state index is 11.3. The van der Waals surface area contributed by atoms with Gasteiger partial charge in [0.15, 0.2) is 0 Å². The quantitative estimate of drug-likeness (QED) is 0.809. The molecule has 1 rings (SSSR count). The van der Waals surface area contributed by atoms with Gasteiger partial charge in [-0.05, 0) is 32.2 Å². The molecule has 1 aliphatic rings. The third-order valence-corrected chi connectivity index (χ3v) is 4.46. The van der Waals surface area contributed by atoms with Crippen LogP contribution in [0.15, 0.2) is 0 Å². The number of nitrogens with one attached hydrogen (secondary N) is 1. The molecule has 0 aliphatic carbocycles. The molecular formula is C12H25NO2S. The summed E-state index contributed by atoms with van der Waals surface area (Å²) < 4.78 is 22.6. The summed E-state index contributed by atoms with van der Waals surface area (Å²) in [5.41, 5.74) is 0.0916. The van der Waals surface area contributed by atoms with E-state index in [4.69, 9.17) is 0 Å². The predicted molar refractivity (Wildman–Crippen MR) is 68.4 cm³/mol. The highest BCUT2D eigenvalue weighted by atomic mass is 32.2. The molecule has 1 heterocycles. The van der Waals surface area contributed by atoms with Gasteiger partial charge in [0.05, 0.1) is 5.75 Å². The minimum atomic E-state index is -2.83. The van der Waals surface area contributed by atoms with Crippen LogP contribution >= 0.6 is 0 Å². The number of hydrogen-bond donors (Lipinski definition) is 1. The molecule has 0 aromatic carbocycles. The standard InChI is InChI=1S/C12H25NO2S/c1-3-7-12(9-11-16(2,14)15)8-5-4-6-10-13-12/h13H,3-11H2,1-2H3. The molecule has 1 atom stereocenters. The Balaban J connectivity index is 2.62. The second kappa shape index (κ2) is 6.01. The topological polar surface area (TPSA) is 46.2 Å². The van der Waals surface area contributed by atoms with Crippen molar-refractivity contribution in [1.29, 1.82) is 0 Å². The molecule has 4 heteroatoms. The van der Waals surface area contributed by atoms with Crippen LogP contribution in [0.25, 0.3) is 0 Å². The van der Waals surface area contributed by atoms with Gasteiger partial charge in [-0.3, -0.25) is 0 Å². The molecular weight excluding hydrogens is 222 g/mol. The van der Waals surface area contributed by atoms with E-state index >= 15 is 0 Å². The van der Waals surface area contributed by atoms with Crippen molar-refractivity contribution in [2.45, 2.75) is 57.4 Å². The van der Waals surface area contributed by atoms with Gasteiger partial charge in [-0.1, -0.05) is 26.2 Å². The first kappa shape index (κ1) is 14.0. The highest BCUT2D eigenvalue weighted by Gasteiger charge is 2.30. The third kappa shape index (κ3) is 4.83. The summed E-state index contributed by atoms with van der Waals surface area (Å²) in [5.74, 6) is 0.319. The van der Waals surface area contributed by atoms with E-state index < -0.39 is 9.84 Å². The Morgan fingerprint density at radius 2 is 1.94 bits per heavy atom. The average Bonchev–Trinajstić information content (AvgIpc) is 2.41. The smallest absolute Gasteiger partial charge is 0.147 e. The maximum Gasteiger partial charge on any atom is 0.147 e. The fraction of sp³-hybridized carbons (Fsp3) is 1.00. The Morgan fingerprint density at radius 1 is 1.19 bits per heavy atom. The molecule has 16 heavy (non-hydrogen) atoms. The molecule has 0 radical (unpaired) electrons. The largest absolute Gasteiger partial charge is 0.311 e. The van der Waals surface area contributed by atoms with E-state index in [2.05, 4.69) is 12.2 Å². The lowest BCUT2D eigenvalue weighted by molar-refractivity contribution is 0.281. The van der Waals surface area contributed by atoms with Crippen molar-refractivity contribution in [1.82, 2.24) is 5.32 Å². The van der Waals surface area contributed by atoms with Gasteiger partial charge < -0.3 is 5.32 Å². The lowest BCUT2D eigenvalue weighted by Crippen LogP contribution is -2.45. The zero-order valence-electron chi connectivity index (χ0n) is 10.6. The van der Waals surface area contributed by atoms with Gasteiger partial charge in [-0.15, -0.1) is 0 Å². The Bertz CT molecular complexity index is 290. The molecule has 0 aromatic rings. The number of hydrogen-bond acceptors (Lipinski definition) is 3. The lowest BCUT2D eigenvalue weighted by Gasteiger charge is -2.33. The van der Waals surface area contributed by atoms with Crippen molar-refractivity contribution in [3.8, 4) is 0 Å². The summed E-state index contributed by atoms with van der Waals surface area (Å²) in [6.45, 7) is 3.22. The van der Waals surface area contributed by atoms with Gasteiger partial charge in [0.2, 0.25) is 0 Å². The van der Waals surface area contributed by atoms with Gasteiger partial charge in [0.1, 0.15) is 9.84 Å². The van der Waals surface area contributed by atoms with Gasteiger partial charge in [-0.2, -0.15) is 0 Å². The summed E-state index contributed by atoms with van der Waals surface area (Å²) >= 11 is 0. The highest BCUT2D eigenvalue weighted by molar-refractivity contribution is 7.90. The monoisotopic (exact) mass is 247 g/mol. The first-order valence-electron chi connectivity index (χ1n) is 6.40. The summed E-state index contributed by atoms with van der Waals surface area (Å²) in [6.07, 6.45) is 9.21. The van der Waals surface area contributed by atoms with E-state index in [0.29, 0.717) is 5.75 Å². The van der Waals surface area contributed by atoms with Crippen molar-refractivity contribution >= 4 is 9.84 Å². The van der Waals surface area contributed by atoms with Crippen molar-refractivity contribution in [3.05, 3.63) is 0 Å². The summed E-state index contributed by atoms with van der Waals surface area (Å²) in [6, 6.07) is 0. The van der Waals surface area contributed by atoms with Crippen LogP contribution in [0.1, 0.15) is 51.9 Å². The van der Waals surface area contributed by atoms with E-state index in [1.165, 1.54) is 25.5 Å². The first-order valence-corrected chi connectivity index (χ1v) is 8.46. The van der Waals surface area contributed by atoms with Crippen molar-refractivity contribution < 1.29 is 8.42 Å². The first-order chi connectivity index (χ1) is 7.47. The van der Waals surface area contributed by atoms with Crippen LogP contribution in [0, 0.1) is 0 Å². The Labute approximate surface area is 99.9 Å². The summed E-state index contributed by atoms with van der Waals surface area (Å²) in [7, 11) is -2.83. The Kier molecular flexibility index (Phi) is 5.25. The van der Waals surface area contributed by atoms with Crippen LogP contribution in [0.5, 0.6) is 0 Å². The van der Waals surface area contributed by atoms with Crippen LogP contribution in [0.2, 0.25) is 0 Å². The highest BCUT2D eigenvalue weighted by Crippen LogP contribution is 2.27. The van der Waals surface area contributed by atoms with E-state index in [1.807, 2.05) is 0 Å². The molecule has 0 spiro atoms. The Morgan fingerprint density at radius 3 is 2.56 bits per heavy atom. The zero-order chi connectivity index (χ0) is 12.1. The zero-order valence-corrected chi connectivity index (χ0v) is 11.4. The minimum absolute atomic E-state index is 0.0916. The lowest BCUT2D eigenvalue weighted by atomic mass is 9.86. The average molecular weight is 247 g/mol. The minimum Gasteiger partial charge on any atom is -0.311 e. The molecule has 1 saturated heterocycles. The van der Waals surface area contributed by atoms with E-state index in [1.54, 1.807) is 0 Å². The predicted octanol–water partition coefficient (Wildman–Crippen LogP) is 2.12. The van der Waals surface area contributed by atoms with Crippen LogP contribution in [-0.2, 0) is 9.84 Å². The van der Waals surface area contributed by atoms with Crippen LogP contribution in [-0.4, -0.2) is 32.5 Å². The fourth-order valence-electron chi connectivity index (χ4n) is 2.62. The second-order valence-corrected chi connectivity index (χ2v) is 7.41. The molecule has 96 valence electrons. The van der Waals surface area contributed by atoms with Gasteiger partial charge in [0, 0.05) is 11.8 Å². The summed E-state index contributed by atoms with van der Waals surface area (Å²) in [4.78, 5) is 0. The number of sulfone groups is 1. The van der Waals surface area contributed by atoms with Crippen LogP contribution < -0.4 is 5.32 Å². The second-order valence-electron chi connectivity index (χ2n) is 5.15. The van der Waals surface area contributed by atoms with Gasteiger partial charge in [0.25, 0.3) is 0 Å². The molecule has 1 aliphatic heterocycles. The number of rotatable bonds is 5. The van der Waals surface area contributed by atoms with Crippen LogP contribution in [0.3, 0.4) is 0 Å².